The van der Waals surface area contributed by atoms with Crippen molar-refractivity contribution in [1.82, 2.24) is 14.8 Å². The number of nitrogens with one attached hydrogen (secondary N) is 2. The van der Waals surface area contributed by atoms with E-state index in [9.17, 15) is 9.59 Å². The number of H-pyrrole nitrogens is 1. The fraction of sp³-hybridized carbons (Fsp3) is 0.353. The van der Waals surface area contributed by atoms with Crippen LogP contribution in [-0.2, 0) is 17.8 Å². The molecule has 3 aromatic carbocycles. The van der Waals surface area contributed by atoms with Crippen molar-refractivity contribution < 1.29 is 19.1 Å². The van der Waals surface area contributed by atoms with Crippen LogP contribution in [0.5, 0.6) is 11.5 Å². The Morgan fingerprint density at radius 1 is 0.976 bits per heavy atom. The molecule has 0 radical (unpaired) electrons. The van der Waals surface area contributed by atoms with Gasteiger partial charge in [-0.25, -0.2) is 4.79 Å². The third-order valence-corrected chi connectivity index (χ3v) is 7.88. The zero-order valence-corrected chi connectivity index (χ0v) is 24.9. The molecule has 1 fully saturated rings. The summed E-state index contributed by atoms with van der Waals surface area (Å²) in [4.78, 5) is 34.1. The van der Waals surface area contributed by atoms with Crippen LogP contribution in [0.1, 0.15) is 49.3 Å². The van der Waals surface area contributed by atoms with Crippen molar-refractivity contribution in [3.63, 3.8) is 0 Å². The molecule has 5 rings (SSSR count). The minimum absolute atomic E-state index is 0.0156. The largest absolute Gasteiger partial charge is 0.493 e. The van der Waals surface area contributed by atoms with Gasteiger partial charge in [0.2, 0.25) is 5.91 Å². The van der Waals surface area contributed by atoms with Gasteiger partial charge in [-0.3, -0.25) is 4.79 Å². The molecule has 2 N–H and O–H groups in total. The summed E-state index contributed by atoms with van der Waals surface area (Å²) in [6, 6.07) is 21.6. The molecule has 0 atom stereocenters. The van der Waals surface area contributed by atoms with Crippen molar-refractivity contribution in [2.75, 3.05) is 32.6 Å². The summed E-state index contributed by atoms with van der Waals surface area (Å²) in [7, 11) is 3.20. The number of methoxy groups -OCH3 is 2. The number of aromatic nitrogens is 1. The normalized spacial score (nSPS) is 12.8. The van der Waals surface area contributed by atoms with Crippen LogP contribution in [0.15, 0.2) is 72.9 Å². The van der Waals surface area contributed by atoms with Crippen LogP contribution in [0.2, 0.25) is 0 Å². The molecule has 0 bridgehead atoms. The topological polar surface area (TPSA) is 86.9 Å². The van der Waals surface area contributed by atoms with E-state index in [0.29, 0.717) is 36.9 Å². The summed E-state index contributed by atoms with van der Waals surface area (Å²) >= 11 is 0. The predicted molar refractivity (Wildman–Crippen MR) is 166 cm³/mol. The minimum atomic E-state index is -0.245. The average Bonchev–Trinajstić information content (AvgIpc) is 3.77. The smallest absolute Gasteiger partial charge is 0.322 e. The first-order valence-corrected chi connectivity index (χ1v) is 14.6. The van der Waals surface area contributed by atoms with Crippen LogP contribution in [0.25, 0.3) is 10.9 Å². The zero-order valence-electron chi connectivity index (χ0n) is 24.9. The fourth-order valence-electron chi connectivity index (χ4n) is 5.23. The Bertz CT molecular complexity index is 1520. The summed E-state index contributed by atoms with van der Waals surface area (Å²) in [5.74, 6) is 1.57. The van der Waals surface area contributed by atoms with Crippen LogP contribution in [0.3, 0.4) is 0 Å². The van der Waals surface area contributed by atoms with E-state index >= 15 is 0 Å². The SMILES string of the molecule is COc1ccc(CN(CCc2c[nH]c3ccccc23)C(=O)CN(C(=O)Nc2ccc(C(C)C)cc2)C2CC2)cc1OC. The van der Waals surface area contributed by atoms with Gasteiger partial charge in [-0.1, -0.05) is 50.2 Å². The van der Waals surface area contributed by atoms with Gasteiger partial charge in [0.15, 0.2) is 11.5 Å². The maximum Gasteiger partial charge on any atom is 0.322 e. The Hall–Kier alpha value is -4.46. The first-order valence-electron chi connectivity index (χ1n) is 14.6. The molecule has 3 amide bonds. The number of carbonyl (C=O) groups excluding carboxylic acids is 2. The standard InChI is InChI=1S/C34H40N4O4/c1-23(2)25-10-12-27(13-11-25)36-34(40)38(28-14-15-28)22-33(39)37(21-24-9-16-31(41-3)32(19-24)42-4)18-17-26-20-35-30-8-6-5-7-29(26)30/h5-13,16,19-20,23,28,35H,14-15,17-18,21-22H2,1-4H3,(H,36,40). The Morgan fingerprint density at radius 2 is 1.71 bits per heavy atom. The van der Waals surface area contributed by atoms with Crippen LogP contribution in [0.4, 0.5) is 10.5 Å². The Labute approximate surface area is 247 Å². The van der Waals surface area contributed by atoms with Crippen molar-refractivity contribution >= 4 is 28.5 Å². The number of fused-ring (bicyclic) bond motifs is 1. The fourth-order valence-corrected chi connectivity index (χ4v) is 5.23. The van der Waals surface area contributed by atoms with Crippen LogP contribution in [-0.4, -0.2) is 60.1 Å². The number of ether oxygens (including phenoxy) is 2. The van der Waals surface area contributed by atoms with E-state index in [1.807, 2.05) is 71.8 Å². The van der Waals surface area contributed by atoms with E-state index in [2.05, 4.69) is 30.2 Å². The molecule has 0 spiro atoms. The molecule has 1 aromatic heterocycles. The number of hydrogen-bond acceptors (Lipinski definition) is 4. The molecule has 42 heavy (non-hydrogen) atoms. The third kappa shape index (κ3) is 6.87. The van der Waals surface area contributed by atoms with Gasteiger partial charge in [0.1, 0.15) is 6.54 Å². The zero-order chi connectivity index (χ0) is 29.6. The first kappa shape index (κ1) is 29.0. The van der Waals surface area contributed by atoms with Gasteiger partial charge >= 0.3 is 6.03 Å². The number of aromatic amines is 1. The number of rotatable bonds is 12. The molecule has 4 aromatic rings. The lowest BCUT2D eigenvalue weighted by Gasteiger charge is -2.28. The maximum atomic E-state index is 13.9. The third-order valence-electron chi connectivity index (χ3n) is 7.88. The summed E-state index contributed by atoms with van der Waals surface area (Å²) in [5.41, 5.74) is 5.08. The summed E-state index contributed by atoms with van der Waals surface area (Å²) < 4.78 is 10.9. The van der Waals surface area contributed by atoms with Gasteiger partial charge in [0.05, 0.1) is 14.2 Å². The second kappa shape index (κ2) is 13.0. The Kier molecular flexibility index (Phi) is 9.00. The lowest BCUT2D eigenvalue weighted by Crippen LogP contribution is -2.45. The molecule has 1 saturated carbocycles. The number of nitrogens with zero attached hydrogens (tertiary/aromatic N) is 2. The highest BCUT2D eigenvalue weighted by molar-refractivity contribution is 5.93. The lowest BCUT2D eigenvalue weighted by atomic mass is 10.0. The number of carbonyl (C=O) groups is 2. The number of benzene rings is 3. The number of amides is 3. The van der Waals surface area contributed by atoms with Gasteiger partial charge < -0.3 is 29.6 Å². The molecule has 8 heteroatoms. The number of hydrogen-bond donors (Lipinski definition) is 2. The average molecular weight is 569 g/mol. The Balaban J connectivity index is 1.33. The predicted octanol–water partition coefficient (Wildman–Crippen LogP) is 6.58. The second-order valence-corrected chi connectivity index (χ2v) is 11.2. The molecule has 1 heterocycles. The highest BCUT2D eigenvalue weighted by Crippen LogP contribution is 2.30. The van der Waals surface area contributed by atoms with E-state index in [0.717, 1.165) is 40.6 Å². The van der Waals surface area contributed by atoms with E-state index < -0.39 is 0 Å². The molecule has 8 nitrogen and oxygen atoms in total. The number of para-hydroxylation sites is 1. The molecule has 0 aliphatic heterocycles. The van der Waals surface area contributed by atoms with E-state index in [4.69, 9.17) is 9.47 Å². The van der Waals surface area contributed by atoms with E-state index in [1.165, 1.54) is 5.56 Å². The van der Waals surface area contributed by atoms with Crippen molar-refractivity contribution in [2.45, 2.75) is 51.6 Å². The lowest BCUT2D eigenvalue weighted by molar-refractivity contribution is -0.132. The highest BCUT2D eigenvalue weighted by atomic mass is 16.5. The molecule has 220 valence electrons. The van der Waals surface area contributed by atoms with E-state index in [1.54, 1.807) is 19.1 Å². The van der Waals surface area contributed by atoms with Gasteiger partial charge in [0.25, 0.3) is 0 Å². The van der Waals surface area contributed by atoms with Crippen LogP contribution in [0, 0.1) is 0 Å². The second-order valence-electron chi connectivity index (χ2n) is 11.2. The molecule has 1 aliphatic rings. The first-order chi connectivity index (χ1) is 20.4. The summed E-state index contributed by atoms with van der Waals surface area (Å²) in [5, 5.41) is 4.16. The Morgan fingerprint density at radius 3 is 2.40 bits per heavy atom. The molecule has 0 unspecified atom stereocenters. The quantitative estimate of drug-likeness (QED) is 0.202. The van der Waals surface area contributed by atoms with Crippen molar-refractivity contribution in [1.29, 1.82) is 0 Å². The van der Waals surface area contributed by atoms with Gasteiger partial charge in [-0.05, 0) is 72.2 Å². The molecular weight excluding hydrogens is 528 g/mol. The van der Waals surface area contributed by atoms with Crippen molar-refractivity contribution in [3.05, 3.63) is 89.6 Å². The van der Waals surface area contributed by atoms with E-state index in [-0.39, 0.29) is 24.5 Å². The molecular formula is C34H40N4O4. The monoisotopic (exact) mass is 568 g/mol. The molecule has 0 saturated heterocycles. The van der Waals surface area contributed by atoms with Crippen molar-refractivity contribution in [2.24, 2.45) is 0 Å². The van der Waals surface area contributed by atoms with Gasteiger partial charge in [-0.15, -0.1) is 0 Å². The number of anilines is 1. The molecule has 1 aliphatic carbocycles. The van der Waals surface area contributed by atoms with Crippen molar-refractivity contribution in [3.8, 4) is 11.5 Å². The van der Waals surface area contributed by atoms with Gasteiger partial charge in [-0.2, -0.15) is 0 Å². The summed E-state index contributed by atoms with van der Waals surface area (Å²) in [6.07, 6.45) is 4.50. The number of urea groups is 1. The van der Waals surface area contributed by atoms with Gasteiger partial charge in [0, 0.05) is 41.9 Å². The van der Waals surface area contributed by atoms with Crippen LogP contribution < -0.4 is 14.8 Å². The highest BCUT2D eigenvalue weighted by Gasteiger charge is 2.35. The minimum Gasteiger partial charge on any atom is -0.493 e. The maximum absolute atomic E-state index is 13.9. The summed E-state index contributed by atoms with van der Waals surface area (Å²) in [6.45, 7) is 5.19. The van der Waals surface area contributed by atoms with Crippen LogP contribution >= 0.6 is 0 Å².